The van der Waals surface area contributed by atoms with Crippen molar-refractivity contribution in [3.8, 4) is 22.8 Å². The minimum Gasteiger partial charge on any atom is -0.454 e. The second kappa shape index (κ2) is 6.27. The van der Waals surface area contributed by atoms with Crippen LogP contribution in [0.2, 0.25) is 0 Å². The highest BCUT2D eigenvalue weighted by atomic mass is 16.7. The van der Waals surface area contributed by atoms with Crippen LogP contribution in [0.1, 0.15) is 5.56 Å². The van der Waals surface area contributed by atoms with Crippen molar-refractivity contribution in [1.82, 2.24) is 25.0 Å². The van der Waals surface area contributed by atoms with Gasteiger partial charge < -0.3 is 9.47 Å². The Morgan fingerprint density at radius 3 is 2.83 bits per heavy atom. The highest BCUT2D eigenvalue weighted by Crippen LogP contribution is 2.35. The van der Waals surface area contributed by atoms with Crippen LogP contribution < -0.4 is 9.47 Å². The molecule has 0 radical (unpaired) electrons. The molecule has 2 aromatic carbocycles. The van der Waals surface area contributed by atoms with E-state index in [1.807, 2.05) is 47.1 Å². The van der Waals surface area contributed by atoms with E-state index < -0.39 is 0 Å². The first-order valence-corrected chi connectivity index (χ1v) is 9.27. The van der Waals surface area contributed by atoms with E-state index in [-0.39, 0.29) is 6.79 Å². The highest BCUT2D eigenvalue weighted by Gasteiger charge is 2.15. The third kappa shape index (κ3) is 2.75. The van der Waals surface area contributed by atoms with E-state index in [0.717, 1.165) is 50.4 Å². The molecule has 0 N–H and O–H groups in total. The van der Waals surface area contributed by atoms with Crippen LogP contribution >= 0.6 is 0 Å². The molecule has 0 saturated carbocycles. The molecule has 5 aromatic rings. The number of hydrogen-bond acceptors (Lipinski definition) is 6. The van der Waals surface area contributed by atoms with Crippen LogP contribution in [-0.4, -0.2) is 31.8 Å². The molecule has 4 heterocycles. The average Bonchev–Trinajstić information content (AvgIpc) is 3.40. The van der Waals surface area contributed by atoms with Gasteiger partial charge in [0.2, 0.25) is 6.79 Å². The third-order valence-corrected chi connectivity index (χ3v) is 5.03. The second-order valence-corrected chi connectivity index (χ2v) is 6.88. The van der Waals surface area contributed by atoms with E-state index in [0.29, 0.717) is 6.54 Å². The lowest BCUT2D eigenvalue weighted by Crippen LogP contribution is -2.03. The summed E-state index contributed by atoms with van der Waals surface area (Å²) in [4.78, 5) is 9.19. The van der Waals surface area contributed by atoms with E-state index in [9.17, 15) is 0 Å². The molecule has 0 unspecified atom stereocenters. The maximum Gasteiger partial charge on any atom is 0.231 e. The minimum absolute atomic E-state index is 0.253. The SMILES string of the molecule is c1cnc2ccc(Cn3nnc4ccc(-c5ccc6c(c5)OCO6)nc43)cc2c1. The summed E-state index contributed by atoms with van der Waals surface area (Å²) < 4.78 is 12.7. The zero-order valence-corrected chi connectivity index (χ0v) is 15.3. The van der Waals surface area contributed by atoms with Crippen molar-refractivity contribution in [3.05, 3.63) is 72.4 Å². The molecule has 0 aliphatic carbocycles. The van der Waals surface area contributed by atoms with Gasteiger partial charge in [0.05, 0.1) is 17.8 Å². The Labute approximate surface area is 165 Å². The van der Waals surface area contributed by atoms with E-state index in [4.69, 9.17) is 14.5 Å². The zero-order valence-electron chi connectivity index (χ0n) is 15.3. The molecule has 6 rings (SSSR count). The first-order valence-electron chi connectivity index (χ1n) is 9.27. The van der Waals surface area contributed by atoms with Gasteiger partial charge in [-0.25, -0.2) is 9.67 Å². The van der Waals surface area contributed by atoms with Gasteiger partial charge in [0.1, 0.15) is 5.52 Å². The Morgan fingerprint density at radius 1 is 0.897 bits per heavy atom. The Kier molecular flexibility index (Phi) is 3.46. The molecule has 1 aliphatic rings. The number of ether oxygens (including phenoxy) is 2. The van der Waals surface area contributed by atoms with Crippen molar-refractivity contribution in [2.24, 2.45) is 0 Å². The number of pyridine rings is 2. The molecule has 0 amide bonds. The van der Waals surface area contributed by atoms with Gasteiger partial charge in [-0.2, -0.15) is 0 Å². The first-order chi connectivity index (χ1) is 14.3. The number of fused-ring (bicyclic) bond motifs is 3. The predicted octanol–water partition coefficient (Wildman–Crippen LogP) is 3.82. The van der Waals surface area contributed by atoms with E-state index in [2.05, 4.69) is 33.5 Å². The summed E-state index contributed by atoms with van der Waals surface area (Å²) in [5.74, 6) is 1.49. The highest BCUT2D eigenvalue weighted by molar-refractivity contribution is 5.79. The number of aromatic nitrogens is 5. The normalized spacial score (nSPS) is 12.7. The Balaban J connectivity index is 1.39. The van der Waals surface area contributed by atoms with Gasteiger partial charge in [-0.15, -0.1) is 5.10 Å². The van der Waals surface area contributed by atoms with Crippen molar-refractivity contribution < 1.29 is 9.47 Å². The van der Waals surface area contributed by atoms with Gasteiger partial charge in [-0.3, -0.25) is 4.98 Å². The van der Waals surface area contributed by atoms with Gasteiger partial charge in [-0.05, 0) is 54.1 Å². The smallest absolute Gasteiger partial charge is 0.231 e. The summed E-state index contributed by atoms with van der Waals surface area (Å²) in [5, 5.41) is 9.67. The number of nitrogens with zero attached hydrogens (tertiary/aromatic N) is 5. The largest absolute Gasteiger partial charge is 0.454 e. The van der Waals surface area contributed by atoms with Crippen LogP contribution in [0.15, 0.2) is 66.9 Å². The van der Waals surface area contributed by atoms with Gasteiger partial charge in [-0.1, -0.05) is 17.3 Å². The van der Waals surface area contributed by atoms with E-state index in [1.54, 1.807) is 6.20 Å². The lowest BCUT2D eigenvalue weighted by Gasteiger charge is -2.06. The van der Waals surface area contributed by atoms with Crippen LogP contribution in [0.4, 0.5) is 0 Å². The molecule has 29 heavy (non-hydrogen) atoms. The fourth-order valence-corrected chi connectivity index (χ4v) is 3.57. The Bertz CT molecular complexity index is 1380. The summed E-state index contributed by atoms with van der Waals surface area (Å²) in [6.07, 6.45) is 1.80. The molecule has 0 saturated heterocycles. The standard InChI is InChI=1S/C22H15N5O2/c1-2-15-10-14(3-5-17(15)23-9-1)12-27-22-19(25-26-27)7-6-18(24-22)16-4-8-20-21(11-16)29-13-28-20/h1-11H,12-13H2. The number of hydrogen-bond donors (Lipinski definition) is 0. The first kappa shape index (κ1) is 16.0. The van der Waals surface area contributed by atoms with Gasteiger partial charge in [0.15, 0.2) is 17.1 Å². The van der Waals surface area contributed by atoms with E-state index >= 15 is 0 Å². The lowest BCUT2D eigenvalue weighted by molar-refractivity contribution is 0.174. The summed E-state index contributed by atoms with van der Waals surface area (Å²) in [6.45, 7) is 0.835. The van der Waals surface area contributed by atoms with Crippen LogP contribution in [-0.2, 0) is 6.54 Å². The average molecular weight is 381 g/mol. The third-order valence-electron chi connectivity index (χ3n) is 5.03. The molecule has 3 aromatic heterocycles. The molecule has 7 heteroatoms. The Morgan fingerprint density at radius 2 is 1.83 bits per heavy atom. The van der Waals surface area contributed by atoms with Crippen LogP contribution in [0.5, 0.6) is 11.5 Å². The van der Waals surface area contributed by atoms with Crippen LogP contribution in [0.25, 0.3) is 33.3 Å². The molecule has 0 fully saturated rings. The minimum atomic E-state index is 0.253. The molecular formula is C22H15N5O2. The van der Waals surface area contributed by atoms with Crippen LogP contribution in [0.3, 0.4) is 0 Å². The quantitative estimate of drug-likeness (QED) is 0.473. The monoisotopic (exact) mass is 381 g/mol. The maximum atomic E-state index is 5.49. The maximum absolute atomic E-state index is 5.49. The van der Waals surface area contributed by atoms with Gasteiger partial charge in [0.25, 0.3) is 0 Å². The molecule has 0 atom stereocenters. The fraction of sp³-hybridized carbons (Fsp3) is 0.0909. The molecule has 0 bridgehead atoms. The van der Waals surface area contributed by atoms with Crippen molar-refractivity contribution >= 4 is 22.1 Å². The van der Waals surface area contributed by atoms with Gasteiger partial charge >= 0.3 is 0 Å². The summed E-state index contributed by atoms with van der Waals surface area (Å²) in [6, 6.07) is 19.9. The molecule has 0 spiro atoms. The lowest BCUT2D eigenvalue weighted by atomic mass is 10.1. The predicted molar refractivity (Wildman–Crippen MR) is 108 cm³/mol. The molecule has 140 valence electrons. The number of rotatable bonds is 3. The summed E-state index contributed by atoms with van der Waals surface area (Å²) >= 11 is 0. The van der Waals surface area contributed by atoms with Crippen molar-refractivity contribution in [2.75, 3.05) is 6.79 Å². The van der Waals surface area contributed by atoms with E-state index in [1.165, 1.54) is 0 Å². The molecule has 1 aliphatic heterocycles. The summed E-state index contributed by atoms with van der Waals surface area (Å²) in [5.41, 5.74) is 5.39. The van der Waals surface area contributed by atoms with Crippen molar-refractivity contribution in [1.29, 1.82) is 0 Å². The fourth-order valence-electron chi connectivity index (χ4n) is 3.57. The van der Waals surface area contributed by atoms with Crippen molar-refractivity contribution in [3.63, 3.8) is 0 Å². The molecule has 7 nitrogen and oxygen atoms in total. The molecular weight excluding hydrogens is 366 g/mol. The zero-order chi connectivity index (χ0) is 19.2. The summed E-state index contributed by atoms with van der Waals surface area (Å²) in [7, 11) is 0. The number of benzene rings is 2. The van der Waals surface area contributed by atoms with Crippen molar-refractivity contribution in [2.45, 2.75) is 6.54 Å². The van der Waals surface area contributed by atoms with Gasteiger partial charge in [0, 0.05) is 17.1 Å². The Hall–Kier alpha value is -4.00. The topological polar surface area (TPSA) is 75.0 Å². The second-order valence-electron chi connectivity index (χ2n) is 6.88. The van der Waals surface area contributed by atoms with Crippen LogP contribution in [0, 0.1) is 0 Å².